The van der Waals surface area contributed by atoms with Crippen molar-refractivity contribution in [2.45, 2.75) is 0 Å². The third kappa shape index (κ3) is 3.35. The normalized spacial score (nSPS) is 9.83. The molecule has 0 saturated carbocycles. The zero-order valence-electron chi connectivity index (χ0n) is 12.5. The highest BCUT2D eigenvalue weighted by Crippen LogP contribution is 2.28. The number of hydrogen-bond donors (Lipinski definition) is 0. The van der Waals surface area contributed by atoms with Crippen molar-refractivity contribution >= 4 is 35.8 Å². The molecular weight excluding hydrogens is 343 g/mol. The van der Waals surface area contributed by atoms with Crippen LogP contribution < -0.4 is 0 Å². The smallest absolute Gasteiger partial charge is 0.117 e. The molecule has 3 aromatic heterocycles. The van der Waals surface area contributed by atoms with Crippen LogP contribution in [0.1, 0.15) is 0 Å². The average Bonchev–Trinajstić information content (AvgIpc) is 2.62. The summed E-state index contributed by atoms with van der Waals surface area (Å²) < 4.78 is 0. The largest absolute Gasteiger partial charge is 0.255 e. The van der Waals surface area contributed by atoms with E-state index in [1.165, 1.54) is 0 Å². The van der Waals surface area contributed by atoms with E-state index in [1.807, 2.05) is 60.7 Å². The molecule has 4 nitrogen and oxygen atoms in total. The first-order valence-corrected chi connectivity index (χ1v) is 7.01. The Morgan fingerprint density at radius 1 is 0.500 bits per heavy atom. The van der Waals surface area contributed by atoms with Gasteiger partial charge >= 0.3 is 0 Å². The molecule has 6 heteroatoms. The molecule has 24 heavy (non-hydrogen) atoms. The van der Waals surface area contributed by atoms with Gasteiger partial charge in [0.1, 0.15) is 11.4 Å². The summed E-state index contributed by atoms with van der Waals surface area (Å²) in [5.74, 6) is 0. The molecule has 0 spiro atoms. The first kappa shape index (κ1) is 17.8. The summed E-state index contributed by atoms with van der Waals surface area (Å²) in [6, 6.07) is 19.4. The Bertz CT molecular complexity index is 853. The van der Waals surface area contributed by atoms with Crippen LogP contribution in [0, 0.1) is 0 Å². The van der Waals surface area contributed by atoms with Crippen LogP contribution >= 0.6 is 24.8 Å². The fraction of sp³-hybridized carbons (Fsp3) is 0. The minimum Gasteiger partial charge on any atom is -0.255 e. The van der Waals surface area contributed by atoms with Gasteiger partial charge in [-0.25, -0.2) is 9.97 Å². The second kappa shape index (κ2) is 7.81. The van der Waals surface area contributed by atoms with Crippen LogP contribution in [0.5, 0.6) is 0 Å². The zero-order chi connectivity index (χ0) is 14.8. The Morgan fingerprint density at radius 2 is 0.917 bits per heavy atom. The van der Waals surface area contributed by atoms with Crippen LogP contribution in [0.2, 0.25) is 0 Å². The van der Waals surface area contributed by atoms with Crippen molar-refractivity contribution in [1.82, 2.24) is 19.9 Å². The number of pyridine rings is 2. The Balaban J connectivity index is 0.00000104. The molecule has 3 heterocycles. The van der Waals surface area contributed by atoms with Gasteiger partial charge < -0.3 is 0 Å². The molecule has 0 atom stereocenters. The molecule has 0 saturated heterocycles. The van der Waals surface area contributed by atoms with Crippen LogP contribution in [0.4, 0.5) is 0 Å². The highest BCUT2D eigenvalue weighted by atomic mass is 35.5. The van der Waals surface area contributed by atoms with E-state index in [2.05, 4.69) is 9.97 Å². The predicted molar refractivity (Wildman–Crippen MR) is 100 cm³/mol. The molecule has 0 bridgehead atoms. The third-order valence-electron chi connectivity index (χ3n) is 3.39. The maximum atomic E-state index is 4.76. The molecule has 0 fully saturated rings. The summed E-state index contributed by atoms with van der Waals surface area (Å²) in [5.41, 5.74) is 4.78. The summed E-state index contributed by atoms with van der Waals surface area (Å²) in [7, 11) is 0. The lowest BCUT2D eigenvalue weighted by atomic mass is 10.1. The quantitative estimate of drug-likeness (QED) is 0.526. The van der Waals surface area contributed by atoms with Gasteiger partial charge in [-0.15, -0.1) is 24.8 Å². The van der Waals surface area contributed by atoms with E-state index >= 15 is 0 Å². The van der Waals surface area contributed by atoms with E-state index in [4.69, 9.17) is 9.97 Å². The van der Waals surface area contributed by atoms with Gasteiger partial charge in [0.15, 0.2) is 0 Å². The lowest BCUT2D eigenvalue weighted by Gasteiger charge is -2.08. The van der Waals surface area contributed by atoms with E-state index in [1.54, 1.807) is 12.4 Å². The van der Waals surface area contributed by atoms with E-state index in [0.29, 0.717) is 0 Å². The van der Waals surface area contributed by atoms with Crippen molar-refractivity contribution in [2.24, 2.45) is 0 Å². The van der Waals surface area contributed by atoms with Crippen LogP contribution in [-0.4, -0.2) is 19.9 Å². The fourth-order valence-corrected chi connectivity index (χ4v) is 2.36. The number of para-hydroxylation sites is 2. The molecule has 4 aromatic rings. The summed E-state index contributed by atoms with van der Waals surface area (Å²) in [5, 5.41) is 0. The number of aromatic nitrogens is 4. The van der Waals surface area contributed by atoms with Crippen LogP contribution in [-0.2, 0) is 0 Å². The molecule has 0 N–H and O–H groups in total. The summed E-state index contributed by atoms with van der Waals surface area (Å²) in [6.07, 6.45) is 3.52. The monoisotopic (exact) mass is 356 g/mol. The first-order chi connectivity index (χ1) is 10.9. The molecule has 120 valence electrons. The van der Waals surface area contributed by atoms with E-state index < -0.39 is 0 Å². The highest BCUT2D eigenvalue weighted by molar-refractivity contribution is 5.86. The minimum absolute atomic E-state index is 0. The van der Waals surface area contributed by atoms with Gasteiger partial charge in [0.25, 0.3) is 0 Å². The van der Waals surface area contributed by atoms with Gasteiger partial charge in [0, 0.05) is 12.4 Å². The topological polar surface area (TPSA) is 51.6 Å². The van der Waals surface area contributed by atoms with Crippen LogP contribution in [0.15, 0.2) is 73.1 Å². The molecular formula is C18H14Cl2N4. The number of benzene rings is 1. The molecule has 0 aliphatic heterocycles. The molecule has 0 amide bonds. The van der Waals surface area contributed by atoms with Gasteiger partial charge in [-0.1, -0.05) is 24.3 Å². The molecule has 0 aliphatic rings. The summed E-state index contributed by atoms with van der Waals surface area (Å²) in [4.78, 5) is 18.3. The molecule has 0 aliphatic carbocycles. The van der Waals surface area contributed by atoms with Crippen molar-refractivity contribution in [1.29, 1.82) is 0 Å². The van der Waals surface area contributed by atoms with E-state index in [0.717, 1.165) is 33.8 Å². The second-order valence-corrected chi connectivity index (χ2v) is 4.84. The molecule has 0 unspecified atom stereocenters. The number of hydrogen-bond acceptors (Lipinski definition) is 4. The van der Waals surface area contributed by atoms with Gasteiger partial charge in [-0.2, -0.15) is 0 Å². The van der Waals surface area contributed by atoms with Crippen LogP contribution in [0.3, 0.4) is 0 Å². The minimum atomic E-state index is 0. The Kier molecular flexibility index (Phi) is 5.79. The molecule has 1 aromatic carbocycles. The van der Waals surface area contributed by atoms with Gasteiger partial charge in [-0.05, 0) is 36.4 Å². The average molecular weight is 357 g/mol. The maximum Gasteiger partial charge on any atom is 0.117 e. The van der Waals surface area contributed by atoms with Gasteiger partial charge in [0.2, 0.25) is 0 Å². The predicted octanol–water partition coefficient (Wildman–Crippen LogP) is 4.60. The SMILES string of the molecule is Cl.Cl.c1ccc(-c2nc3ccccc3nc2-c2ccccn2)nc1. The number of rotatable bonds is 2. The third-order valence-corrected chi connectivity index (χ3v) is 3.39. The molecule has 0 radical (unpaired) electrons. The standard InChI is InChI=1S/C18H12N4.2ClH/c1-2-8-14-13(7-1)21-17(15-9-3-5-11-19-15)18(22-14)16-10-4-6-12-20-16;;/h1-12H;2*1H. The summed E-state index contributed by atoms with van der Waals surface area (Å²) >= 11 is 0. The lowest BCUT2D eigenvalue weighted by Crippen LogP contribution is -1.97. The van der Waals surface area contributed by atoms with Crippen molar-refractivity contribution in [3.8, 4) is 22.8 Å². The number of nitrogens with zero attached hydrogens (tertiary/aromatic N) is 4. The van der Waals surface area contributed by atoms with Crippen LogP contribution in [0.25, 0.3) is 33.8 Å². The second-order valence-electron chi connectivity index (χ2n) is 4.84. The van der Waals surface area contributed by atoms with Gasteiger partial charge in [-0.3, -0.25) is 9.97 Å². The highest BCUT2D eigenvalue weighted by Gasteiger charge is 2.14. The van der Waals surface area contributed by atoms with E-state index in [-0.39, 0.29) is 24.8 Å². The Morgan fingerprint density at radius 3 is 1.29 bits per heavy atom. The maximum absolute atomic E-state index is 4.76. The number of halogens is 2. The van der Waals surface area contributed by atoms with Crippen molar-refractivity contribution in [2.75, 3.05) is 0 Å². The molecule has 4 rings (SSSR count). The first-order valence-electron chi connectivity index (χ1n) is 7.01. The summed E-state index contributed by atoms with van der Waals surface area (Å²) in [6.45, 7) is 0. The van der Waals surface area contributed by atoms with Crippen molar-refractivity contribution < 1.29 is 0 Å². The Hall–Kier alpha value is -2.56. The lowest BCUT2D eigenvalue weighted by molar-refractivity contribution is 1.21. The zero-order valence-corrected chi connectivity index (χ0v) is 14.2. The number of fused-ring (bicyclic) bond motifs is 1. The van der Waals surface area contributed by atoms with Crippen molar-refractivity contribution in [3.05, 3.63) is 73.1 Å². The van der Waals surface area contributed by atoms with Gasteiger partial charge in [0.05, 0.1) is 22.4 Å². The fourth-order valence-electron chi connectivity index (χ4n) is 2.36. The Labute approximate surface area is 151 Å². The van der Waals surface area contributed by atoms with Crippen molar-refractivity contribution in [3.63, 3.8) is 0 Å². The van der Waals surface area contributed by atoms with E-state index in [9.17, 15) is 0 Å².